The zero-order valence-corrected chi connectivity index (χ0v) is 14.0. The van der Waals surface area contributed by atoms with Crippen molar-refractivity contribution in [2.24, 2.45) is 0 Å². The third-order valence-electron chi connectivity index (χ3n) is 2.99. The van der Waals surface area contributed by atoms with Crippen LogP contribution in [0.4, 0.5) is 0 Å². The fourth-order valence-corrected chi connectivity index (χ4v) is 4.73. The van der Waals surface area contributed by atoms with Gasteiger partial charge in [-0.2, -0.15) is 0 Å². The maximum atomic E-state index is 12.5. The lowest BCUT2D eigenvalue weighted by atomic mass is 10.2. The van der Waals surface area contributed by atoms with Crippen molar-refractivity contribution in [2.45, 2.75) is 11.4 Å². The molecule has 0 saturated heterocycles. The molecule has 0 bridgehead atoms. The smallest absolute Gasteiger partial charge is 0.241 e. The molecular weight excluding hydrogens is 372 g/mol. The molecule has 0 amide bonds. The van der Waals surface area contributed by atoms with Gasteiger partial charge in [-0.3, -0.25) is 4.98 Å². The minimum absolute atomic E-state index is 0.276. The molecule has 0 aliphatic rings. The van der Waals surface area contributed by atoms with Crippen molar-refractivity contribution in [3.8, 4) is 0 Å². The molecule has 0 radical (unpaired) electrons. The number of hydrogen-bond donors (Lipinski definition) is 1. The molecule has 0 aliphatic heterocycles. The highest BCUT2D eigenvalue weighted by Crippen LogP contribution is 2.23. The zero-order chi connectivity index (χ0) is 14.9. The number of sulfonamides is 1. The fourth-order valence-electron chi connectivity index (χ4n) is 2.02. The molecule has 0 aliphatic carbocycles. The second kappa shape index (κ2) is 5.84. The Morgan fingerprint density at radius 3 is 2.90 bits per heavy atom. The van der Waals surface area contributed by atoms with Crippen molar-refractivity contribution in [1.82, 2.24) is 9.71 Å². The van der Waals surface area contributed by atoms with Crippen LogP contribution in [0.2, 0.25) is 0 Å². The number of thiophene rings is 1. The summed E-state index contributed by atoms with van der Waals surface area (Å²) in [6, 6.07) is 8.79. The lowest BCUT2D eigenvalue weighted by molar-refractivity contribution is 0.582. The van der Waals surface area contributed by atoms with E-state index in [-0.39, 0.29) is 11.4 Å². The Hall–Kier alpha value is -1.28. The lowest BCUT2D eigenvalue weighted by Crippen LogP contribution is -2.23. The Morgan fingerprint density at radius 1 is 1.29 bits per heavy atom. The largest absolute Gasteiger partial charge is 0.264 e. The van der Waals surface area contributed by atoms with E-state index in [0.29, 0.717) is 5.39 Å². The summed E-state index contributed by atoms with van der Waals surface area (Å²) in [5.41, 5.74) is 0. The summed E-state index contributed by atoms with van der Waals surface area (Å²) in [5.74, 6) is 0. The quantitative estimate of drug-likeness (QED) is 0.750. The third kappa shape index (κ3) is 3.16. The lowest BCUT2D eigenvalue weighted by Gasteiger charge is -2.08. The van der Waals surface area contributed by atoms with Gasteiger partial charge in [-0.25, -0.2) is 13.1 Å². The van der Waals surface area contributed by atoms with Crippen molar-refractivity contribution in [3.63, 3.8) is 0 Å². The molecule has 0 atom stereocenters. The Balaban J connectivity index is 1.93. The molecule has 2 heterocycles. The number of fused-ring (bicyclic) bond motifs is 1. The predicted molar refractivity (Wildman–Crippen MR) is 87.8 cm³/mol. The Bertz CT molecular complexity index is 885. The van der Waals surface area contributed by atoms with E-state index in [1.54, 1.807) is 30.6 Å². The molecule has 21 heavy (non-hydrogen) atoms. The van der Waals surface area contributed by atoms with Crippen LogP contribution in [-0.4, -0.2) is 13.4 Å². The molecule has 108 valence electrons. The Labute approximate surface area is 135 Å². The highest BCUT2D eigenvalue weighted by atomic mass is 79.9. The minimum atomic E-state index is -3.56. The van der Waals surface area contributed by atoms with Gasteiger partial charge in [0.1, 0.15) is 0 Å². The van der Waals surface area contributed by atoms with Crippen LogP contribution in [0.25, 0.3) is 10.8 Å². The van der Waals surface area contributed by atoms with Crippen LogP contribution in [0, 0.1) is 0 Å². The van der Waals surface area contributed by atoms with Gasteiger partial charge in [-0.1, -0.05) is 12.1 Å². The highest BCUT2D eigenvalue weighted by Gasteiger charge is 2.17. The molecule has 1 aromatic carbocycles. The van der Waals surface area contributed by atoms with Gasteiger partial charge in [-0.15, -0.1) is 11.3 Å². The molecule has 3 aromatic rings. The molecule has 7 heteroatoms. The second-order valence-corrected chi connectivity index (χ2v) is 8.06. The van der Waals surface area contributed by atoms with Crippen molar-refractivity contribution in [3.05, 3.63) is 57.5 Å². The van der Waals surface area contributed by atoms with E-state index in [4.69, 9.17) is 0 Å². The van der Waals surface area contributed by atoms with Gasteiger partial charge < -0.3 is 0 Å². The molecule has 2 aromatic heterocycles. The summed E-state index contributed by atoms with van der Waals surface area (Å²) in [6.07, 6.45) is 3.25. The number of benzene rings is 1. The van der Waals surface area contributed by atoms with Gasteiger partial charge in [-0.05, 0) is 34.1 Å². The molecule has 0 unspecified atom stereocenters. The summed E-state index contributed by atoms with van der Waals surface area (Å²) in [5, 5.41) is 3.40. The number of hydrogen-bond acceptors (Lipinski definition) is 4. The Morgan fingerprint density at radius 2 is 2.14 bits per heavy atom. The summed E-state index contributed by atoms with van der Waals surface area (Å²) in [6.45, 7) is 0.278. The number of pyridine rings is 1. The first kappa shape index (κ1) is 14.6. The van der Waals surface area contributed by atoms with E-state index in [2.05, 4.69) is 25.6 Å². The number of nitrogens with one attached hydrogen (secondary N) is 1. The van der Waals surface area contributed by atoms with Gasteiger partial charge in [0.25, 0.3) is 0 Å². The summed E-state index contributed by atoms with van der Waals surface area (Å²) >= 11 is 4.86. The molecule has 1 N–H and O–H groups in total. The SMILES string of the molecule is O=S(=O)(NCc1cc(Br)cs1)c1cccc2cnccc12. The number of nitrogens with zero attached hydrogens (tertiary/aromatic N) is 1. The molecule has 0 fully saturated rings. The van der Waals surface area contributed by atoms with Crippen molar-refractivity contribution < 1.29 is 8.42 Å². The van der Waals surface area contributed by atoms with E-state index in [1.165, 1.54) is 11.3 Å². The van der Waals surface area contributed by atoms with Gasteiger partial charge in [0.2, 0.25) is 10.0 Å². The highest BCUT2D eigenvalue weighted by molar-refractivity contribution is 9.10. The average Bonchev–Trinajstić information content (AvgIpc) is 2.90. The van der Waals surface area contributed by atoms with Crippen molar-refractivity contribution in [2.75, 3.05) is 0 Å². The number of aromatic nitrogens is 1. The molecular formula is C14H11BrN2O2S2. The molecule has 4 nitrogen and oxygen atoms in total. The first-order valence-corrected chi connectivity index (χ1v) is 9.27. The van der Waals surface area contributed by atoms with Gasteiger partial charge >= 0.3 is 0 Å². The number of rotatable bonds is 4. The van der Waals surface area contributed by atoms with Crippen molar-refractivity contribution in [1.29, 1.82) is 0 Å². The normalized spacial score (nSPS) is 11.9. The van der Waals surface area contributed by atoms with E-state index in [1.807, 2.05) is 17.5 Å². The van der Waals surface area contributed by atoms with Crippen LogP contribution >= 0.6 is 27.3 Å². The molecule has 0 saturated carbocycles. The van der Waals surface area contributed by atoms with Crippen LogP contribution < -0.4 is 4.72 Å². The summed E-state index contributed by atoms with van der Waals surface area (Å²) < 4.78 is 28.6. The predicted octanol–water partition coefficient (Wildman–Crippen LogP) is 3.54. The average molecular weight is 383 g/mol. The Kier molecular flexibility index (Phi) is 4.08. The standard InChI is InChI=1S/C14H11BrN2O2S2/c15-11-6-12(20-9-11)8-17-21(18,19)14-3-1-2-10-7-16-5-4-13(10)14/h1-7,9,17H,8H2. The van der Waals surface area contributed by atoms with E-state index < -0.39 is 10.0 Å². The monoisotopic (exact) mass is 382 g/mol. The maximum Gasteiger partial charge on any atom is 0.241 e. The third-order valence-corrected chi connectivity index (χ3v) is 6.15. The maximum absolute atomic E-state index is 12.5. The zero-order valence-electron chi connectivity index (χ0n) is 10.8. The van der Waals surface area contributed by atoms with E-state index >= 15 is 0 Å². The molecule has 3 rings (SSSR count). The van der Waals surface area contributed by atoms with Gasteiger partial charge in [0.05, 0.1) is 4.90 Å². The fraction of sp³-hybridized carbons (Fsp3) is 0.0714. The first-order valence-electron chi connectivity index (χ1n) is 6.11. The van der Waals surface area contributed by atoms with Crippen LogP contribution in [0.15, 0.2) is 57.5 Å². The molecule has 0 spiro atoms. The van der Waals surface area contributed by atoms with Crippen LogP contribution in [0.3, 0.4) is 0 Å². The first-order chi connectivity index (χ1) is 10.1. The second-order valence-electron chi connectivity index (χ2n) is 4.41. The van der Waals surface area contributed by atoms with Gasteiger partial charge in [0.15, 0.2) is 0 Å². The van der Waals surface area contributed by atoms with Crippen LogP contribution in [0.5, 0.6) is 0 Å². The van der Waals surface area contributed by atoms with Crippen LogP contribution in [0.1, 0.15) is 4.88 Å². The minimum Gasteiger partial charge on any atom is -0.264 e. The summed E-state index contributed by atoms with van der Waals surface area (Å²) in [7, 11) is -3.56. The van der Waals surface area contributed by atoms with E-state index in [0.717, 1.165) is 14.7 Å². The topological polar surface area (TPSA) is 59.1 Å². The van der Waals surface area contributed by atoms with Crippen molar-refractivity contribution >= 4 is 48.1 Å². The summed E-state index contributed by atoms with van der Waals surface area (Å²) in [4.78, 5) is 5.24. The van der Waals surface area contributed by atoms with E-state index in [9.17, 15) is 8.42 Å². The van der Waals surface area contributed by atoms with Gasteiger partial charge in [0, 0.05) is 44.4 Å². The van der Waals surface area contributed by atoms with Crippen LogP contribution in [-0.2, 0) is 16.6 Å². The number of halogens is 1.